The van der Waals surface area contributed by atoms with Gasteiger partial charge in [0.25, 0.3) is 5.88 Å². The lowest BCUT2D eigenvalue weighted by molar-refractivity contribution is 0.0690. The summed E-state index contributed by atoms with van der Waals surface area (Å²) < 4.78 is 30.7. The smallest absolute Gasteiger partial charge is 0.412 e. The highest BCUT2D eigenvalue weighted by Crippen LogP contribution is 2.35. The van der Waals surface area contributed by atoms with Crippen LogP contribution in [-0.2, 0) is 4.74 Å². The molecule has 0 spiro atoms. The lowest BCUT2D eigenvalue weighted by atomic mass is 10.1. The fraction of sp³-hybridized carbons (Fsp3) is 0.192. The van der Waals surface area contributed by atoms with Crippen molar-refractivity contribution in [1.82, 2.24) is 24.9 Å². The van der Waals surface area contributed by atoms with Crippen LogP contribution in [0.5, 0.6) is 11.8 Å². The predicted molar refractivity (Wildman–Crippen MR) is 143 cm³/mol. The maximum absolute atomic E-state index is 14.8. The summed E-state index contributed by atoms with van der Waals surface area (Å²) in [5.74, 6) is -1.77. The lowest BCUT2D eigenvalue weighted by Gasteiger charge is -2.14. The summed E-state index contributed by atoms with van der Waals surface area (Å²) in [6.45, 7) is 3.31. The van der Waals surface area contributed by atoms with Crippen molar-refractivity contribution in [3.63, 3.8) is 0 Å². The molecule has 5 aromatic rings. The molecule has 0 radical (unpaired) electrons. The van der Waals surface area contributed by atoms with Gasteiger partial charge in [-0.1, -0.05) is 11.3 Å². The summed E-state index contributed by atoms with van der Waals surface area (Å²) in [6, 6.07) is 7.67. The number of methoxy groups -OCH3 is 1. The fourth-order valence-electron chi connectivity index (χ4n) is 3.71. The molecule has 1 atom stereocenters. The molecule has 14 heteroatoms. The van der Waals surface area contributed by atoms with E-state index in [0.29, 0.717) is 32.3 Å². The van der Waals surface area contributed by atoms with Crippen LogP contribution in [0.15, 0.2) is 42.7 Å². The molecule has 0 saturated carbocycles. The van der Waals surface area contributed by atoms with Crippen LogP contribution in [0.2, 0.25) is 0 Å². The average Bonchev–Trinajstić information content (AvgIpc) is 3.33. The largest absolute Gasteiger partial charge is 0.480 e. The zero-order valence-corrected chi connectivity index (χ0v) is 22.2. The Kier molecular flexibility index (Phi) is 7.33. The molecular weight excluding hydrogens is 543 g/mol. The molecule has 12 nitrogen and oxygen atoms in total. The van der Waals surface area contributed by atoms with E-state index >= 15 is 0 Å². The number of hydrogen-bond acceptors (Lipinski definition) is 11. The van der Waals surface area contributed by atoms with Crippen molar-refractivity contribution >= 4 is 50.5 Å². The Morgan fingerprint density at radius 3 is 2.65 bits per heavy atom. The molecule has 0 bridgehead atoms. The third-order valence-corrected chi connectivity index (χ3v) is 6.50. The van der Waals surface area contributed by atoms with Gasteiger partial charge in [-0.05, 0) is 43.7 Å². The maximum atomic E-state index is 14.8. The molecule has 0 aliphatic heterocycles. The molecule has 204 valence electrons. The number of pyridine rings is 2. The zero-order chi connectivity index (χ0) is 28.4. The molecule has 2 N–H and O–H groups in total. The van der Waals surface area contributed by atoms with Gasteiger partial charge in [-0.15, -0.1) is 0 Å². The van der Waals surface area contributed by atoms with Gasteiger partial charge in [0.15, 0.2) is 5.82 Å². The normalized spacial score (nSPS) is 11.8. The number of rotatable bonds is 8. The Labute approximate surface area is 229 Å². The number of carboxylic acid groups (broad SMARTS) is 1. The van der Waals surface area contributed by atoms with E-state index < -0.39 is 24.0 Å². The number of nitrogens with one attached hydrogen (secondary N) is 1. The van der Waals surface area contributed by atoms with Gasteiger partial charge in [-0.3, -0.25) is 5.32 Å². The monoisotopic (exact) mass is 564 g/mol. The third kappa shape index (κ3) is 5.71. The number of aromatic carboxylic acids is 1. The molecule has 0 unspecified atom stereocenters. The number of hydrogen-bond donors (Lipinski definition) is 2. The van der Waals surface area contributed by atoms with Crippen LogP contribution in [-0.4, -0.2) is 61.9 Å². The number of carboxylic acids is 1. The first-order valence-corrected chi connectivity index (χ1v) is 12.6. The first-order valence-electron chi connectivity index (χ1n) is 11.8. The predicted octanol–water partition coefficient (Wildman–Crippen LogP) is 4.87. The second kappa shape index (κ2) is 11.0. The molecule has 4 aromatic heterocycles. The van der Waals surface area contributed by atoms with E-state index in [9.17, 15) is 14.0 Å². The Bertz CT molecular complexity index is 1750. The van der Waals surface area contributed by atoms with Gasteiger partial charge < -0.3 is 19.3 Å². The van der Waals surface area contributed by atoms with Crippen LogP contribution in [0.4, 0.5) is 14.9 Å². The van der Waals surface area contributed by atoms with Crippen molar-refractivity contribution in [2.24, 2.45) is 0 Å². The quantitative estimate of drug-likeness (QED) is 0.265. The van der Waals surface area contributed by atoms with Crippen molar-refractivity contribution in [1.29, 1.82) is 0 Å². The Morgan fingerprint density at radius 2 is 1.93 bits per heavy atom. The standard InChI is InChI=1S/C26H21FN6O6S/c1-12-6-15(21-18(7-12)31-20(37-3)10-29-21)23-32-19-8-16(27)22(33-24(19)40-23)38-11-13(2)39-26(36)30-14-4-5-17(25(34)35)28-9-14/h4-10,13H,11H2,1-3H3,(H,30,36)(H,34,35)/t13-/m1/s1. The van der Waals surface area contributed by atoms with Crippen LogP contribution in [0.25, 0.3) is 32.0 Å². The molecule has 1 aromatic carbocycles. The van der Waals surface area contributed by atoms with Gasteiger partial charge in [-0.25, -0.2) is 33.9 Å². The molecule has 0 aliphatic rings. The van der Waals surface area contributed by atoms with Crippen LogP contribution >= 0.6 is 11.3 Å². The summed E-state index contributed by atoms with van der Waals surface area (Å²) in [6.07, 6.45) is 1.12. The van der Waals surface area contributed by atoms with Gasteiger partial charge in [0.1, 0.15) is 33.8 Å². The highest BCUT2D eigenvalue weighted by atomic mass is 32.1. The minimum atomic E-state index is -1.19. The van der Waals surface area contributed by atoms with Gasteiger partial charge in [0, 0.05) is 11.6 Å². The number of benzene rings is 1. The number of aryl methyl sites for hydroxylation is 1. The Morgan fingerprint density at radius 1 is 1.10 bits per heavy atom. The van der Waals surface area contributed by atoms with Crippen LogP contribution < -0.4 is 14.8 Å². The topological polar surface area (TPSA) is 159 Å². The van der Waals surface area contributed by atoms with Crippen molar-refractivity contribution in [2.75, 3.05) is 19.0 Å². The minimum Gasteiger partial charge on any atom is -0.480 e. The maximum Gasteiger partial charge on any atom is 0.412 e. The second-order valence-corrected chi connectivity index (χ2v) is 9.58. The van der Waals surface area contributed by atoms with E-state index in [-0.39, 0.29) is 23.9 Å². The molecule has 0 saturated heterocycles. The van der Waals surface area contributed by atoms with E-state index in [1.807, 2.05) is 19.1 Å². The molecule has 40 heavy (non-hydrogen) atoms. The number of aromatic nitrogens is 5. The average molecular weight is 565 g/mol. The molecule has 1 amide bonds. The molecule has 0 fully saturated rings. The van der Waals surface area contributed by atoms with Crippen molar-refractivity contribution < 1.29 is 33.3 Å². The lowest BCUT2D eigenvalue weighted by Crippen LogP contribution is -2.25. The summed E-state index contributed by atoms with van der Waals surface area (Å²) in [4.78, 5) is 44.9. The number of ether oxygens (including phenoxy) is 3. The van der Waals surface area contributed by atoms with E-state index in [1.165, 1.54) is 49.0 Å². The van der Waals surface area contributed by atoms with Crippen molar-refractivity contribution in [2.45, 2.75) is 20.0 Å². The first kappa shape index (κ1) is 26.6. The van der Waals surface area contributed by atoms with E-state index in [0.717, 1.165) is 11.1 Å². The number of anilines is 1. The minimum absolute atomic E-state index is 0.165. The summed E-state index contributed by atoms with van der Waals surface area (Å²) in [5.41, 5.74) is 3.38. The number of amides is 1. The second-order valence-electron chi connectivity index (χ2n) is 8.60. The van der Waals surface area contributed by atoms with Crippen LogP contribution in [0.3, 0.4) is 0 Å². The van der Waals surface area contributed by atoms with Crippen molar-refractivity contribution in [3.05, 3.63) is 59.8 Å². The third-order valence-electron chi connectivity index (χ3n) is 5.51. The van der Waals surface area contributed by atoms with E-state index in [1.54, 1.807) is 6.92 Å². The fourth-order valence-corrected chi connectivity index (χ4v) is 4.64. The Hall–Kier alpha value is -4.98. The zero-order valence-electron chi connectivity index (χ0n) is 21.3. The van der Waals surface area contributed by atoms with E-state index in [4.69, 9.17) is 19.3 Å². The van der Waals surface area contributed by atoms with Gasteiger partial charge in [0.05, 0.1) is 36.2 Å². The number of thiazole rings is 1. The van der Waals surface area contributed by atoms with Crippen LogP contribution in [0, 0.1) is 12.7 Å². The number of carbonyl (C=O) groups is 2. The summed E-state index contributed by atoms with van der Waals surface area (Å²) >= 11 is 1.25. The van der Waals surface area contributed by atoms with E-state index in [2.05, 4.69) is 30.2 Å². The highest BCUT2D eigenvalue weighted by Gasteiger charge is 2.18. The number of halogens is 1. The van der Waals surface area contributed by atoms with Gasteiger partial charge >= 0.3 is 12.1 Å². The van der Waals surface area contributed by atoms with Gasteiger partial charge in [-0.2, -0.15) is 4.98 Å². The first-order chi connectivity index (χ1) is 19.2. The molecule has 0 aliphatic carbocycles. The van der Waals surface area contributed by atoms with Crippen LogP contribution in [0.1, 0.15) is 23.0 Å². The Balaban J connectivity index is 1.28. The van der Waals surface area contributed by atoms with Crippen molar-refractivity contribution in [3.8, 4) is 22.3 Å². The number of carbonyl (C=O) groups excluding carboxylic acids is 1. The molecule has 5 rings (SSSR count). The number of nitrogens with zero attached hydrogens (tertiary/aromatic N) is 5. The number of fused-ring (bicyclic) bond motifs is 2. The van der Waals surface area contributed by atoms with Gasteiger partial charge in [0.2, 0.25) is 5.88 Å². The molecular formula is C26H21FN6O6S. The molecule has 4 heterocycles. The highest BCUT2D eigenvalue weighted by molar-refractivity contribution is 7.21. The SMILES string of the molecule is COc1cnc2c(-c3nc4cc(F)c(OC[C@@H](C)OC(=O)Nc5ccc(C(=O)O)nc5)nc4s3)cc(C)cc2n1. The summed E-state index contributed by atoms with van der Waals surface area (Å²) in [7, 11) is 1.52. The summed E-state index contributed by atoms with van der Waals surface area (Å²) in [5, 5.41) is 11.9.